The Morgan fingerprint density at radius 3 is 2.67 bits per heavy atom. The standard InChI is InChI=1S/C15H17NO5/c1-9(17)21-12-4-2-3-11(8-12)14(18)16-13(15(19)20)7-10-5-6-10/h2-4,8,10,13H,5-7H2,1H3,(H,16,18)(H,19,20)/t13-/m1/s1. The van der Waals surface area contributed by atoms with Crippen LogP contribution in [0.1, 0.15) is 36.5 Å². The summed E-state index contributed by atoms with van der Waals surface area (Å²) in [6.07, 6.45) is 2.48. The van der Waals surface area contributed by atoms with Crippen molar-refractivity contribution in [3.05, 3.63) is 29.8 Å². The summed E-state index contributed by atoms with van der Waals surface area (Å²) in [4.78, 5) is 34.1. The highest BCUT2D eigenvalue weighted by molar-refractivity contribution is 5.97. The fourth-order valence-electron chi connectivity index (χ4n) is 2.02. The summed E-state index contributed by atoms with van der Waals surface area (Å²) in [6.45, 7) is 1.27. The molecule has 0 radical (unpaired) electrons. The maximum atomic E-state index is 12.1. The summed E-state index contributed by atoms with van der Waals surface area (Å²) < 4.78 is 4.90. The minimum absolute atomic E-state index is 0.254. The number of rotatable bonds is 6. The number of hydrogen-bond acceptors (Lipinski definition) is 4. The number of nitrogens with one attached hydrogen (secondary N) is 1. The first kappa shape index (κ1) is 15.0. The largest absolute Gasteiger partial charge is 0.480 e. The van der Waals surface area contributed by atoms with Gasteiger partial charge in [-0.15, -0.1) is 0 Å². The van der Waals surface area contributed by atoms with Gasteiger partial charge in [-0.25, -0.2) is 4.79 Å². The molecule has 0 saturated heterocycles. The molecule has 1 aliphatic rings. The van der Waals surface area contributed by atoms with Gasteiger partial charge in [-0.05, 0) is 30.5 Å². The van der Waals surface area contributed by atoms with Crippen LogP contribution in [0.15, 0.2) is 24.3 Å². The first-order valence-electron chi connectivity index (χ1n) is 6.78. The minimum Gasteiger partial charge on any atom is -0.480 e. The minimum atomic E-state index is -1.04. The van der Waals surface area contributed by atoms with Crippen molar-refractivity contribution in [1.82, 2.24) is 5.32 Å². The van der Waals surface area contributed by atoms with Gasteiger partial charge in [-0.1, -0.05) is 18.9 Å². The van der Waals surface area contributed by atoms with Gasteiger partial charge < -0.3 is 15.2 Å². The second kappa shape index (κ2) is 6.39. The Bertz CT molecular complexity index is 565. The maximum absolute atomic E-state index is 12.1. The maximum Gasteiger partial charge on any atom is 0.326 e. The normalized spacial score (nSPS) is 15.1. The van der Waals surface area contributed by atoms with Gasteiger partial charge in [-0.3, -0.25) is 9.59 Å². The molecule has 1 saturated carbocycles. The Balaban J connectivity index is 2.03. The third-order valence-corrected chi connectivity index (χ3v) is 3.23. The van der Waals surface area contributed by atoms with Crippen LogP contribution < -0.4 is 10.1 Å². The van der Waals surface area contributed by atoms with Gasteiger partial charge in [0.2, 0.25) is 0 Å². The zero-order chi connectivity index (χ0) is 15.4. The van der Waals surface area contributed by atoms with Gasteiger partial charge >= 0.3 is 11.9 Å². The third kappa shape index (κ3) is 4.59. The number of ether oxygens (including phenoxy) is 1. The predicted molar refractivity (Wildman–Crippen MR) is 74.0 cm³/mol. The lowest BCUT2D eigenvalue weighted by molar-refractivity contribution is -0.139. The Kier molecular flexibility index (Phi) is 4.57. The Morgan fingerprint density at radius 2 is 2.10 bits per heavy atom. The summed E-state index contributed by atoms with van der Waals surface area (Å²) in [7, 11) is 0. The van der Waals surface area contributed by atoms with E-state index in [2.05, 4.69) is 5.32 Å². The van der Waals surface area contributed by atoms with Gasteiger partial charge in [-0.2, -0.15) is 0 Å². The number of carbonyl (C=O) groups excluding carboxylic acids is 2. The fourth-order valence-corrected chi connectivity index (χ4v) is 2.02. The molecule has 1 aliphatic carbocycles. The second-order valence-corrected chi connectivity index (χ2v) is 5.16. The van der Waals surface area contributed by atoms with Crippen molar-refractivity contribution >= 4 is 17.8 Å². The first-order chi connectivity index (χ1) is 9.95. The predicted octanol–water partition coefficient (Wildman–Crippen LogP) is 1.59. The quantitative estimate of drug-likeness (QED) is 0.613. The van der Waals surface area contributed by atoms with Crippen LogP contribution in [0.2, 0.25) is 0 Å². The molecule has 1 amide bonds. The lowest BCUT2D eigenvalue weighted by Crippen LogP contribution is -2.41. The Labute approximate surface area is 122 Å². The number of amides is 1. The van der Waals surface area contributed by atoms with Crippen molar-refractivity contribution in [2.75, 3.05) is 0 Å². The van der Waals surface area contributed by atoms with Crippen molar-refractivity contribution in [2.24, 2.45) is 5.92 Å². The average Bonchev–Trinajstić information content (AvgIpc) is 3.21. The van der Waals surface area contributed by atoms with Crippen molar-refractivity contribution in [3.8, 4) is 5.75 Å². The van der Waals surface area contributed by atoms with E-state index in [1.807, 2.05) is 0 Å². The van der Waals surface area contributed by atoms with Crippen LogP contribution in [0.5, 0.6) is 5.75 Å². The molecule has 2 rings (SSSR count). The topological polar surface area (TPSA) is 92.7 Å². The summed E-state index contributed by atoms with van der Waals surface area (Å²) >= 11 is 0. The zero-order valence-electron chi connectivity index (χ0n) is 11.7. The third-order valence-electron chi connectivity index (χ3n) is 3.23. The van der Waals surface area contributed by atoms with E-state index in [0.29, 0.717) is 12.3 Å². The van der Waals surface area contributed by atoms with E-state index >= 15 is 0 Å². The number of benzene rings is 1. The molecule has 0 spiro atoms. The number of carbonyl (C=O) groups is 3. The molecule has 112 valence electrons. The molecule has 21 heavy (non-hydrogen) atoms. The van der Waals surface area contributed by atoms with Crippen LogP contribution in [0.4, 0.5) is 0 Å². The summed E-state index contributed by atoms with van der Waals surface area (Å²) in [5.74, 6) is -1.36. The highest BCUT2D eigenvalue weighted by Crippen LogP contribution is 2.33. The van der Waals surface area contributed by atoms with Crippen LogP contribution in [-0.2, 0) is 9.59 Å². The molecule has 0 bridgehead atoms. The van der Waals surface area contributed by atoms with Crippen LogP contribution >= 0.6 is 0 Å². The van der Waals surface area contributed by atoms with Gasteiger partial charge in [0.05, 0.1) is 0 Å². The molecule has 1 fully saturated rings. The van der Waals surface area contributed by atoms with E-state index in [1.54, 1.807) is 18.2 Å². The highest BCUT2D eigenvalue weighted by atomic mass is 16.5. The van der Waals surface area contributed by atoms with E-state index in [0.717, 1.165) is 12.8 Å². The summed E-state index contributed by atoms with van der Waals surface area (Å²) in [6, 6.07) is 5.19. The zero-order valence-corrected chi connectivity index (χ0v) is 11.7. The average molecular weight is 291 g/mol. The lowest BCUT2D eigenvalue weighted by atomic mass is 10.1. The number of hydrogen-bond donors (Lipinski definition) is 2. The molecule has 1 aromatic rings. The van der Waals surface area contributed by atoms with Crippen LogP contribution in [0, 0.1) is 5.92 Å². The van der Waals surface area contributed by atoms with Crippen LogP contribution in [0.3, 0.4) is 0 Å². The molecule has 6 heteroatoms. The first-order valence-corrected chi connectivity index (χ1v) is 6.78. The smallest absolute Gasteiger partial charge is 0.326 e. The monoisotopic (exact) mass is 291 g/mol. The second-order valence-electron chi connectivity index (χ2n) is 5.16. The molecular weight excluding hydrogens is 274 g/mol. The molecule has 2 N–H and O–H groups in total. The van der Waals surface area contributed by atoms with E-state index in [-0.39, 0.29) is 11.3 Å². The number of carboxylic acid groups (broad SMARTS) is 1. The Morgan fingerprint density at radius 1 is 1.38 bits per heavy atom. The number of aliphatic carboxylic acids is 1. The number of carboxylic acids is 1. The number of esters is 1. The van der Waals surface area contributed by atoms with Gasteiger partial charge in [0.1, 0.15) is 11.8 Å². The summed E-state index contributed by atoms with van der Waals surface area (Å²) in [5, 5.41) is 11.6. The van der Waals surface area contributed by atoms with Crippen molar-refractivity contribution in [2.45, 2.75) is 32.2 Å². The van der Waals surface area contributed by atoms with Crippen LogP contribution in [0.25, 0.3) is 0 Å². The van der Waals surface area contributed by atoms with E-state index in [9.17, 15) is 14.4 Å². The molecule has 6 nitrogen and oxygen atoms in total. The summed E-state index contributed by atoms with van der Waals surface area (Å²) in [5.41, 5.74) is 0.260. The SMILES string of the molecule is CC(=O)Oc1cccc(C(=O)N[C@H](CC2CC2)C(=O)O)c1. The van der Waals surface area contributed by atoms with Gasteiger partial charge in [0.15, 0.2) is 0 Å². The highest BCUT2D eigenvalue weighted by Gasteiger charge is 2.30. The molecule has 0 unspecified atom stereocenters. The van der Waals surface area contributed by atoms with Crippen molar-refractivity contribution in [3.63, 3.8) is 0 Å². The lowest BCUT2D eigenvalue weighted by Gasteiger charge is -2.14. The molecule has 0 aliphatic heterocycles. The fraction of sp³-hybridized carbons (Fsp3) is 0.400. The van der Waals surface area contributed by atoms with E-state index in [1.165, 1.54) is 13.0 Å². The van der Waals surface area contributed by atoms with E-state index in [4.69, 9.17) is 9.84 Å². The molecule has 1 atom stereocenters. The van der Waals surface area contributed by atoms with Crippen molar-refractivity contribution < 1.29 is 24.2 Å². The molecule has 1 aromatic carbocycles. The Hall–Kier alpha value is -2.37. The van der Waals surface area contributed by atoms with Crippen LogP contribution in [-0.4, -0.2) is 29.0 Å². The molecule has 0 heterocycles. The molecular formula is C15H17NO5. The van der Waals surface area contributed by atoms with Gasteiger partial charge in [0.25, 0.3) is 5.91 Å². The van der Waals surface area contributed by atoms with E-state index < -0.39 is 23.9 Å². The molecule has 0 aromatic heterocycles. The van der Waals surface area contributed by atoms with Gasteiger partial charge in [0, 0.05) is 12.5 Å². The van der Waals surface area contributed by atoms with Crippen molar-refractivity contribution in [1.29, 1.82) is 0 Å².